The number of hydrogen-bond acceptors (Lipinski definition) is 2. The Morgan fingerprint density at radius 2 is 2.00 bits per heavy atom. The van der Waals surface area contributed by atoms with Crippen LogP contribution in [0.3, 0.4) is 0 Å². The molecule has 96 valence electrons. The molecule has 3 nitrogen and oxygen atoms in total. The van der Waals surface area contributed by atoms with E-state index in [1.807, 2.05) is 55.5 Å². The number of hydrogen-bond donors (Lipinski definition) is 1. The van der Waals surface area contributed by atoms with E-state index in [2.05, 4.69) is 5.32 Å². The zero-order valence-electron chi connectivity index (χ0n) is 10.9. The normalized spacial score (nSPS) is 11.8. The third kappa shape index (κ3) is 3.11. The zero-order valence-corrected chi connectivity index (χ0v) is 10.9. The average molecular weight is 252 g/mol. The van der Waals surface area contributed by atoms with E-state index in [9.17, 15) is 4.79 Å². The van der Waals surface area contributed by atoms with Gasteiger partial charge in [0, 0.05) is 5.69 Å². The third-order valence-corrected chi connectivity index (χ3v) is 3.07. The van der Waals surface area contributed by atoms with Gasteiger partial charge in [0.2, 0.25) is 5.91 Å². The van der Waals surface area contributed by atoms with Crippen molar-refractivity contribution < 1.29 is 4.79 Å². The molecule has 2 rings (SSSR count). The highest BCUT2D eigenvalue weighted by Crippen LogP contribution is 2.19. The van der Waals surface area contributed by atoms with Gasteiger partial charge in [0.1, 0.15) is 5.92 Å². The summed E-state index contributed by atoms with van der Waals surface area (Å²) in [5.74, 6) is -0.795. The number of nitriles is 1. The molecule has 0 aliphatic heterocycles. The third-order valence-electron chi connectivity index (χ3n) is 3.07. The van der Waals surface area contributed by atoms with Crippen molar-refractivity contribution in [1.29, 1.82) is 5.26 Å². The average Bonchev–Trinajstić information content (AvgIpc) is 2.44. The molecule has 2 aromatic carbocycles. The quantitative estimate of drug-likeness (QED) is 0.901. The summed E-state index contributed by atoms with van der Waals surface area (Å²) in [6.45, 7) is 1.97. The lowest BCUT2D eigenvalue weighted by Crippen LogP contribution is -2.21. The van der Waals surface area contributed by atoms with E-state index in [1.165, 1.54) is 0 Å². The van der Waals surface area contributed by atoms with Gasteiger partial charge in [-0.2, -0.15) is 5.26 Å². The van der Waals surface area contributed by atoms with Crippen molar-refractivity contribution >= 4 is 22.4 Å². The molecule has 0 spiro atoms. The highest BCUT2D eigenvalue weighted by atomic mass is 16.1. The number of anilines is 1. The Labute approximate surface area is 112 Å². The first kappa shape index (κ1) is 13.1. The summed E-state index contributed by atoms with van der Waals surface area (Å²) in [4.78, 5) is 11.9. The van der Waals surface area contributed by atoms with Crippen LogP contribution in [0.15, 0.2) is 42.5 Å². The minimum atomic E-state index is -0.573. The number of rotatable bonds is 4. The lowest BCUT2D eigenvalue weighted by Gasteiger charge is -2.10. The second-order valence-corrected chi connectivity index (χ2v) is 4.52. The van der Waals surface area contributed by atoms with Gasteiger partial charge in [-0.15, -0.1) is 0 Å². The van der Waals surface area contributed by atoms with Gasteiger partial charge >= 0.3 is 0 Å². The Balaban J connectivity index is 2.17. The molecule has 0 aromatic heterocycles. The maximum absolute atomic E-state index is 11.9. The van der Waals surface area contributed by atoms with Crippen LogP contribution in [0.2, 0.25) is 0 Å². The van der Waals surface area contributed by atoms with E-state index in [4.69, 9.17) is 5.26 Å². The Morgan fingerprint density at radius 1 is 1.26 bits per heavy atom. The number of amides is 1. The second-order valence-electron chi connectivity index (χ2n) is 4.52. The molecule has 0 saturated heterocycles. The minimum Gasteiger partial charge on any atom is -0.325 e. The standard InChI is InChI=1S/C16H16N2O/c1-2-5-14(11-17)16(19)18-15-9-8-12-6-3-4-7-13(12)10-15/h3-4,6-10,14H,2,5H2,1H3,(H,18,19). The molecule has 0 aliphatic carbocycles. The van der Waals surface area contributed by atoms with Crippen molar-refractivity contribution in [2.24, 2.45) is 5.92 Å². The van der Waals surface area contributed by atoms with Gasteiger partial charge in [-0.25, -0.2) is 0 Å². The summed E-state index contributed by atoms with van der Waals surface area (Å²) >= 11 is 0. The number of carbonyl (C=O) groups excluding carboxylic acids is 1. The Morgan fingerprint density at radius 3 is 2.68 bits per heavy atom. The Kier molecular flexibility index (Phi) is 4.15. The summed E-state index contributed by atoms with van der Waals surface area (Å²) in [6.07, 6.45) is 1.42. The minimum absolute atomic E-state index is 0.223. The van der Waals surface area contributed by atoms with Gasteiger partial charge in [-0.05, 0) is 29.3 Å². The van der Waals surface area contributed by atoms with Crippen molar-refractivity contribution in [2.45, 2.75) is 19.8 Å². The maximum Gasteiger partial charge on any atom is 0.241 e. The molecule has 0 radical (unpaired) electrons. The van der Waals surface area contributed by atoms with E-state index >= 15 is 0 Å². The van der Waals surface area contributed by atoms with Crippen molar-refractivity contribution in [1.82, 2.24) is 0 Å². The Hall–Kier alpha value is -2.34. The smallest absolute Gasteiger partial charge is 0.241 e. The summed E-state index contributed by atoms with van der Waals surface area (Å²) < 4.78 is 0. The van der Waals surface area contributed by atoms with E-state index in [-0.39, 0.29) is 5.91 Å². The zero-order chi connectivity index (χ0) is 13.7. The first-order chi connectivity index (χ1) is 9.24. The van der Waals surface area contributed by atoms with Crippen LogP contribution in [0.4, 0.5) is 5.69 Å². The van der Waals surface area contributed by atoms with Crippen LogP contribution in [0.25, 0.3) is 10.8 Å². The molecular weight excluding hydrogens is 236 g/mol. The van der Waals surface area contributed by atoms with Gasteiger partial charge < -0.3 is 5.32 Å². The van der Waals surface area contributed by atoms with Gasteiger partial charge in [0.15, 0.2) is 0 Å². The van der Waals surface area contributed by atoms with E-state index in [0.717, 1.165) is 22.9 Å². The van der Waals surface area contributed by atoms with Crippen LogP contribution >= 0.6 is 0 Å². The molecule has 1 amide bonds. The van der Waals surface area contributed by atoms with Crippen molar-refractivity contribution in [2.75, 3.05) is 5.32 Å². The highest BCUT2D eigenvalue weighted by molar-refractivity contribution is 5.96. The molecule has 0 heterocycles. The van der Waals surface area contributed by atoms with Crippen LogP contribution in [0.5, 0.6) is 0 Å². The van der Waals surface area contributed by atoms with Gasteiger partial charge in [-0.3, -0.25) is 4.79 Å². The fraction of sp³-hybridized carbons (Fsp3) is 0.250. The largest absolute Gasteiger partial charge is 0.325 e. The Bertz CT molecular complexity index is 628. The predicted octanol–water partition coefficient (Wildman–Crippen LogP) is 3.72. The molecular formula is C16H16N2O. The molecule has 1 N–H and O–H groups in total. The van der Waals surface area contributed by atoms with Gasteiger partial charge in [0.25, 0.3) is 0 Å². The first-order valence-electron chi connectivity index (χ1n) is 6.44. The fourth-order valence-corrected chi connectivity index (χ4v) is 2.04. The molecule has 0 saturated carbocycles. The highest BCUT2D eigenvalue weighted by Gasteiger charge is 2.16. The molecule has 0 bridgehead atoms. The maximum atomic E-state index is 11.9. The molecule has 1 atom stereocenters. The summed E-state index contributed by atoms with van der Waals surface area (Å²) in [5, 5.41) is 14.0. The summed E-state index contributed by atoms with van der Waals surface area (Å²) in [6, 6.07) is 15.8. The number of nitrogens with one attached hydrogen (secondary N) is 1. The van der Waals surface area contributed by atoms with E-state index in [0.29, 0.717) is 6.42 Å². The van der Waals surface area contributed by atoms with Gasteiger partial charge in [0.05, 0.1) is 6.07 Å². The topological polar surface area (TPSA) is 52.9 Å². The number of benzene rings is 2. The van der Waals surface area contributed by atoms with Crippen molar-refractivity contribution in [3.05, 3.63) is 42.5 Å². The van der Waals surface area contributed by atoms with Gasteiger partial charge in [-0.1, -0.05) is 43.7 Å². The first-order valence-corrected chi connectivity index (χ1v) is 6.44. The molecule has 0 fully saturated rings. The monoisotopic (exact) mass is 252 g/mol. The van der Waals surface area contributed by atoms with E-state index in [1.54, 1.807) is 0 Å². The van der Waals surface area contributed by atoms with Crippen molar-refractivity contribution in [3.63, 3.8) is 0 Å². The fourth-order valence-electron chi connectivity index (χ4n) is 2.04. The summed E-state index contributed by atoms with van der Waals surface area (Å²) in [7, 11) is 0. The SMILES string of the molecule is CCCC(C#N)C(=O)Nc1ccc2ccccc2c1. The van der Waals surface area contributed by atoms with Crippen LogP contribution in [-0.4, -0.2) is 5.91 Å². The lowest BCUT2D eigenvalue weighted by molar-refractivity contribution is -0.118. The predicted molar refractivity (Wildman–Crippen MR) is 76.6 cm³/mol. The van der Waals surface area contributed by atoms with Crippen LogP contribution in [0, 0.1) is 17.2 Å². The molecule has 3 heteroatoms. The second kappa shape index (κ2) is 6.01. The molecule has 19 heavy (non-hydrogen) atoms. The van der Waals surface area contributed by atoms with Crippen LogP contribution < -0.4 is 5.32 Å². The molecule has 1 unspecified atom stereocenters. The molecule has 0 aliphatic rings. The molecule has 2 aromatic rings. The number of carbonyl (C=O) groups is 1. The van der Waals surface area contributed by atoms with Crippen molar-refractivity contribution in [3.8, 4) is 6.07 Å². The summed E-state index contributed by atoms with van der Waals surface area (Å²) in [5.41, 5.74) is 0.736. The van der Waals surface area contributed by atoms with E-state index < -0.39 is 5.92 Å². The lowest BCUT2D eigenvalue weighted by atomic mass is 10.0. The number of fused-ring (bicyclic) bond motifs is 1. The van der Waals surface area contributed by atoms with Crippen LogP contribution in [0.1, 0.15) is 19.8 Å². The van der Waals surface area contributed by atoms with Crippen LogP contribution in [-0.2, 0) is 4.79 Å². The number of nitrogens with zero attached hydrogens (tertiary/aromatic N) is 1.